The molecule has 4 rings (SSSR count). The summed E-state index contributed by atoms with van der Waals surface area (Å²) in [5, 5.41) is 1.11. The Hall–Kier alpha value is -1.13. The number of hydrogen-bond acceptors (Lipinski definition) is 3. The van der Waals surface area contributed by atoms with Gasteiger partial charge in [0.15, 0.2) is 5.13 Å². The minimum Gasteiger partial charge on any atom is -0.295 e. The zero-order valence-electron chi connectivity index (χ0n) is 11.4. The molecule has 3 aromatic rings. The van der Waals surface area contributed by atoms with Crippen molar-refractivity contribution in [2.75, 3.05) is 0 Å². The average molecular weight is 288 g/mol. The van der Waals surface area contributed by atoms with Crippen molar-refractivity contribution in [3.63, 3.8) is 0 Å². The van der Waals surface area contributed by atoms with Crippen molar-refractivity contribution in [1.29, 1.82) is 0 Å². The van der Waals surface area contributed by atoms with Crippen molar-refractivity contribution in [3.8, 4) is 5.13 Å². The van der Waals surface area contributed by atoms with Gasteiger partial charge in [0.1, 0.15) is 4.83 Å². The van der Waals surface area contributed by atoms with Crippen LogP contribution in [-0.4, -0.2) is 9.55 Å². The lowest BCUT2D eigenvalue weighted by atomic mass is 10.1. The Balaban J connectivity index is 1.83. The van der Waals surface area contributed by atoms with Crippen molar-refractivity contribution >= 4 is 32.2 Å². The molecule has 0 radical (unpaired) electrons. The van der Waals surface area contributed by atoms with Crippen molar-refractivity contribution in [2.24, 2.45) is 0 Å². The molecule has 0 spiro atoms. The van der Waals surface area contributed by atoms with Crippen molar-refractivity contribution in [3.05, 3.63) is 34.5 Å². The highest BCUT2D eigenvalue weighted by atomic mass is 32.1. The first kappa shape index (κ1) is 11.7. The molecule has 1 aliphatic rings. The van der Waals surface area contributed by atoms with E-state index in [2.05, 4.69) is 43.5 Å². The summed E-state index contributed by atoms with van der Waals surface area (Å²) in [6.45, 7) is 6.64. The smallest absolute Gasteiger partial charge is 0.195 e. The Labute approximate surface area is 120 Å². The van der Waals surface area contributed by atoms with Gasteiger partial charge in [-0.05, 0) is 44.9 Å². The zero-order valence-corrected chi connectivity index (χ0v) is 13.0. The van der Waals surface area contributed by atoms with Gasteiger partial charge in [0.2, 0.25) is 0 Å². The molecule has 0 unspecified atom stereocenters. The fraction of sp³-hybridized carbons (Fsp3) is 0.400. The minimum atomic E-state index is 0.463. The fourth-order valence-electron chi connectivity index (χ4n) is 2.52. The van der Waals surface area contributed by atoms with Crippen LogP contribution in [0.25, 0.3) is 14.7 Å². The topological polar surface area (TPSA) is 17.8 Å². The van der Waals surface area contributed by atoms with Crippen LogP contribution in [-0.2, 0) is 5.41 Å². The molecule has 0 aliphatic heterocycles. The Morgan fingerprint density at radius 1 is 1.16 bits per heavy atom. The maximum Gasteiger partial charge on any atom is 0.195 e. The third-order valence-electron chi connectivity index (χ3n) is 4.14. The highest BCUT2D eigenvalue weighted by Gasteiger charge is 2.40. The normalized spacial score (nSPS) is 17.2. The fourth-order valence-corrected chi connectivity index (χ4v) is 5.05. The van der Waals surface area contributed by atoms with Crippen LogP contribution < -0.4 is 0 Å². The summed E-state index contributed by atoms with van der Waals surface area (Å²) in [5.41, 5.74) is 2.98. The summed E-state index contributed by atoms with van der Waals surface area (Å²) in [7, 11) is 0. The monoisotopic (exact) mass is 288 g/mol. The molecule has 4 heteroatoms. The van der Waals surface area contributed by atoms with Gasteiger partial charge in [-0.25, -0.2) is 4.98 Å². The van der Waals surface area contributed by atoms with E-state index in [0.717, 1.165) is 5.13 Å². The molecule has 0 atom stereocenters. The van der Waals surface area contributed by atoms with E-state index in [4.69, 9.17) is 4.98 Å². The van der Waals surface area contributed by atoms with E-state index in [0.29, 0.717) is 5.41 Å². The van der Waals surface area contributed by atoms with Gasteiger partial charge in [-0.2, -0.15) is 0 Å². The Bertz CT molecular complexity index is 720. The number of aryl methyl sites for hydroxylation is 2. The van der Waals surface area contributed by atoms with Crippen LogP contribution >= 0.6 is 22.7 Å². The van der Waals surface area contributed by atoms with Gasteiger partial charge < -0.3 is 0 Å². The van der Waals surface area contributed by atoms with Gasteiger partial charge in [-0.1, -0.05) is 18.3 Å². The van der Waals surface area contributed by atoms with E-state index in [1.165, 1.54) is 38.6 Å². The summed E-state index contributed by atoms with van der Waals surface area (Å²) < 4.78 is 3.59. The second kappa shape index (κ2) is 3.70. The van der Waals surface area contributed by atoms with Crippen LogP contribution in [0.3, 0.4) is 0 Å². The Morgan fingerprint density at radius 3 is 2.42 bits per heavy atom. The molecule has 19 heavy (non-hydrogen) atoms. The first-order chi connectivity index (χ1) is 9.07. The van der Waals surface area contributed by atoms with Gasteiger partial charge in [0.25, 0.3) is 0 Å². The highest BCUT2D eigenvalue weighted by molar-refractivity contribution is 7.28. The van der Waals surface area contributed by atoms with E-state index >= 15 is 0 Å². The van der Waals surface area contributed by atoms with Crippen LogP contribution in [0, 0.1) is 13.8 Å². The molecule has 0 amide bonds. The lowest BCUT2D eigenvalue weighted by Gasteiger charge is -2.04. The van der Waals surface area contributed by atoms with E-state index in [1.807, 2.05) is 22.7 Å². The lowest BCUT2D eigenvalue weighted by molar-refractivity contribution is 0.810. The number of nitrogens with zero attached hydrogens (tertiary/aromatic N) is 2. The van der Waals surface area contributed by atoms with Crippen LogP contribution in [0.5, 0.6) is 0 Å². The maximum atomic E-state index is 4.84. The predicted molar refractivity (Wildman–Crippen MR) is 82.9 cm³/mol. The molecule has 3 heterocycles. The third-order valence-corrected chi connectivity index (χ3v) is 6.59. The largest absolute Gasteiger partial charge is 0.295 e. The molecule has 0 aromatic carbocycles. The third kappa shape index (κ3) is 1.70. The van der Waals surface area contributed by atoms with Crippen LogP contribution in [0.4, 0.5) is 0 Å². The van der Waals surface area contributed by atoms with Gasteiger partial charge in [0.05, 0.1) is 4.70 Å². The molecular weight excluding hydrogens is 272 g/mol. The van der Waals surface area contributed by atoms with Crippen molar-refractivity contribution in [1.82, 2.24) is 9.55 Å². The molecule has 1 fully saturated rings. The summed E-state index contributed by atoms with van der Waals surface area (Å²) >= 11 is 3.69. The first-order valence-electron chi connectivity index (χ1n) is 6.63. The number of thiophene rings is 1. The number of aromatic nitrogens is 2. The standard InChI is InChI=1S/C15H16N2S2/c1-9-4-5-10(2)17(9)14-16-13-11(18-14)8-12(19-13)15(3)6-7-15/h4-5,8H,6-7H2,1-3H3. The molecule has 1 aliphatic carbocycles. The number of thiazole rings is 1. The van der Waals surface area contributed by atoms with Crippen LogP contribution in [0.15, 0.2) is 18.2 Å². The van der Waals surface area contributed by atoms with E-state index in [9.17, 15) is 0 Å². The summed E-state index contributed by atoms with van der Waals surface area (Å²) in [4.78, 5) is 7.57. The highest BCUT2D eigenvalue weighted by Crippen LogP contribution is 2.51. The summed E-state index contributed by atoms with van der Waals surface area (Å²) in [6.07, 6.45) is 2.67. The van der Waals surface area contributed by atoms with Crippen molar-refractivity contribution < 1.29 is 0 Å². The Kier molecular flexibility index (Phi) is 2.28. The van der Waals surface area contributed by atoms with E-state index in [1.54, 1.807) is 0 Å². The van der Waals surface area contributed by atoms with Gasteiger partial charge in [-0.3, -0.25) is 4.57 Å². The maximum absolute atomic E-state index is 4.84. The molecule has 2 nitrogen and oxygen atoms in total. The average Bonchev–Trinajstić information content (AvgIpc) is 2.72. The molecule has 0 bridgehead atoms. The van der Waals surface area contributed by atoms with Gasteiger partial charge in [0, 0.05) is 21.7 Å². The number of fused-ring (bicyclic) bond motifs is 1. The van der Waals surface area contributed by atoms with Gasteiger partial charge >= 0.3 is 0 Å². The SMILES string of the molecule is Cc1ccc(C)n1-c1nc2sc(C3(C)CC3)cc2s1. The molecule has 98 valence electrons. The first-order valence-corrected chi connectivity index (χ1v) is 8.26. The lowest BCUT2D eigenvalue weighted by Crippen LogP contribution is -1.97. The predicted octanol–water partition coefficient (Wildman–Crippen LogP) is 4.82. The molecule has 1 saturated carbocycles. The number of hydrogen-bond donors (Lipinski definition) is 0. The zero-order chi connectivity index (χ0) is 13.2. The molecule has 0 N–H and O–H groups in total. The minimum absolute atomic E-state index is 0.463. The molecule has 0 saturated heterocycles. The van der Waals surface area contributed by atoms with Gasteiger partial charge in [-0.15, -0.1) is 11.3 Å². The summed E-state index contributed by atoms with van der Waals surface area (Å²) in [6, 6.07) is 6.67. The van der Waals surface area contributed by atoms with E-state index < -0.39 is 0 Å². The van der Waals surface area contributed by atoms with Crippen LogP contribution in [0.2, 0.25) is 0 Å². The molecule has 3 aromatic heterocycles. The quantitative estimate of drug-likeness (QED) is 0.661. The second-order valence-electron chi connectivity index (χ2n) is 5.79. The van der Waals surface area contributed by atoms with Crippen molar-refractivity contribution in [2.45, 2.75) is 39.0 Å². The Morgan fingerprint density at radius 2 is 1.84 bits per heavy atom. The van der Waals surface area contributed by atoms with E-state index in [-0.39, 0.29) is 0 Å². The number of rotatable bonds is 2. The van der Waals surface area contributed by atoms with Crippen LogP contribution in [0.1, 0.15) is 36.0 Å². The summed E-state index contributed by atoms with van der Waals surface area (Å²) in [5.74, 6) is 0. The second-order valence-corrected chi connectivity index (χ2v) is 7.83. The molecular formula is C15H16N2S2.